The lowest BCUT2D eigenvalue weighted by Gasteiger charge is -2.09. The zero-order chi connectivity index (χ0) is 13.1. The highest BCUT2D eigenvalue weighted by atomic mass is 35.5. The SMILES string of the molecule is CNC(C)CNC(=O)c1ccc(S(C)(=O)=O)o1.Cl. The Bertz CT molecular complexity index is 498. The Morgan fingerprint density at radius 1 is 1.44 bits per heavy atom. The fourth-order valence-electron chi connectivity index (χ4n) is 1.08. The molecule has 18 heavy (non-hydrogen) atoms. The van der Waals surface area contributed by atoms with Crippen LogP contribution in [-0.2, 0) is 9.84 Å². The summed E-state index contributed by atoms with van der Waals surface area (Å²) in [6.45, 7) is 2.34. The monoisotopic (exact) mass is 296 g/mol. The summed E-state index contributed by atoms with van der Waals surface area (Å²) in [5.41, 5.74) is 0. The first-order chi connectivity index (χ1) is 7.84. The van der Waals surface area contributed by atoms with Crippen LogP contribution in [0.15, 0.2) is 21.6 Å². The van der Waals surface area contributed by atoms with Gasteiger partial charge < -0.3 is 15.1 Å². The molecule has 1 amide bonds. The second-order valence-electron chi connectivity index (χ2n) is 3.79. The lowest BCUT2D eigenvalue weighted by Crippen LogP contribution is -2.37. The normalized spacial score (nSPS) is 12.6. The molecule has 0 aliphatic heterocycles. The molecular weight excluding hydrogens is 280 g/mol. The number of carbonyl (C=O) groups excluding carboxylic acids is 1. The van der Waals surface area contributed by atoms with E-state index in [1.54, 1.807) is 7.05 Å². The number of sulfone groups is 1. The summed E-state index contributed by atoms with van der Waals surface area (Å²) in [7, 11) is -1.63. The van der Waals surface area contributed by atoms with Crippen LogP contribution in [0.3, 0.4) is 0 Å². The first kappa shape index (κ1) is 16.9. The molecule has 0 aliphatic carbocycles. The smallest absolute Gasteiger partial charge is 0.287 e. The van der Waals surface area contributed by atoms with E-state index in [-0.39, 0.29) is 29.3 Å². The lowest BCUT2D eigenvalue weighted by atomic mass is 10.3. The quantitative estimate of drug-likeness (QED) is 0.823. The summed E-state index contributed by atoms with van der Waals surface area (Å²) < 4.78 is 27.2. The minimum atomic E-state index is -3.41. The molecule has 0 saturated carbocycles. The predicted octanol–water partition coefficient (Wildman–Crippen LogP) is 0.443. The first-order valence-electron chi connectivity index (χ1n) is 5.10. The third kappa shape index (κ3) is 4.67. The van der Waals surface area contributed by atoms with Crippen LogP contribution in [0.2, 0.25) is 0 Å². The van der Waals surface area contributed by atoms with E-state index >= 15 is 0 Å². The highest BCUT2D eigenvalue weighted by Gasteiger charge is 2.16. The number of likely N-dealkylation sites (N-methyl/N-ethyl adjacent to an activating group) is 1. The topological polar surface area (TPSA) is 88.4 Å². The lowest BCUT2D eigenvalue weighted by molar-refractivity contribution is 0.0917. The van der Waals surface area contributed by atoms with Crippen LogP contribution >= 0.6 is 12.4 Å². The second-order valence-corrected chi connectivity index (χ2v) is 5.74. The molecule has 2 N–H and O–H groups in total. The van der Waals surface area contributed by atoms with Gasteiger partial charge in [-0.2, -0.15) is 0 Å². The Morgan fingerprint density at radius 3 is 2.50 bits per heavy atom. The van der Waals surface area contributed by atoms with E-state index in [1.165, 1.54) is 12.1 Å². The van der Waals surface area contributed by atoms with Gasteiger partial charge in [-0.05, 0) is 26.1 Å². The molecule has 1 unspecified atom stereocenters. The Kier molecular flexibility index (Phi) is 6.37. The number of nitrogens with one attached hydrogen (secondary N) is 2. The molecule has 0 radical (unpaired) electrons. The Balaban J connectivity index is 0.00000289. The molecule has 1 aromatic heterocycles. The van der Waals surface area contributed by atoms with Crippen molar-refractivity contribution in [1.29, 1.82) is 0 Å². The molecule has 8 heteroatoms. The summed E-state index contributed by atoms with van der Waals surface area (Å²) in [5.74, 6) is -0.435. The van der Waals surface area contributed by atoms with Crippen LogP contribution in [0, 0.1) is 0 Å². The maximum absolute atomic E-state index is 11.6. The molecule has 0 bridgehead atoms. The van der Waals surface area contributed by atoms with Crippen LogP contribution < -0.4 is 10.6 Å². The number of halogens is 1. The third-order valence-electron chi connectivity index (χ3n) is 2.23. The van der Waals surface area contributed by atoms with Crippen molar-refractivity contribution >= 4 is 28.2 Å². The van der Waals surface area contributed by atoms with Crippen LogP contribution in [0.1, 0.15) is 17.5 Å². The van der Waals surface area contributed by atoms with Gasteiger partial charge in [-0.25, -0.2) is 8.42 Å². The number of amides is 1. The maximum atomic E-state index is 11.6. The summed E-state index contributed by atoms with van der Waals surface area (Å²) in [6.07, 6.45) is 1.02. The van der Waals surface area contributed by atoms with Gasteiger partial charge in [-0.15, -0.1) is 12.4 Å². The summed E-state index contributed by atoms with van der Waals surface area (Å²) in [6, 6.07) is 2.74. The first-order valence-corrected chi connectivity index (χ1v) is 6.99. The summed E-state index contributed by atoms with van der Waals surface area (Å²) in [4.78, 5) is 11.6. The van der Waals surface area contributed by atoms with Crippen molar-refractivity contribution < 1.29 is 17.6 Å². The van der Waals surface area contributed by atoms with Gasteiger partial charge >= 0.3 is 0 Å². The van der Waals surface area contributed by atoms with Gasteiger partial charge in [0.25, 0.3) is 5.91 Å². The van der Waals surface area contributed by atoms with Gasteiger partial charge in [0.05, 0.1) is 0 Å². The molecule has 0 spiro atoms. The van der Waals surface area contributed by atoms with Gasteiger partial charge in [0, 0.05) is 18.8 Å². The van der Waals surface area contributed by atoms with Crippen LogP contribution in [-0.4, -0.2) is 40.2 Å². The third-order valence-corrected chi connectivity index (χ3v) is 3.18. The highest BCUT2D eigenvalue weighted by Crippen LogP contribution is 2.13. The van der Waals surface area contributed by atoms with Crippen LogP contribution in [0.4, 0.5) is 0 Å². The van der Waals surface area contributed by atoms with Crippen LogP contribution in [0.25, 0.3) is 0 Å². The number of hydrogen-bond acceptors (Lipinski definition) is 5. The zero-order valence-electron chi connectivity index (χ0n) is 10.4. The molecule has 0 aliphatic rings. The molecule has 1 atom stereocenters. The predicted molar refractivity (Wildman–Crippen MR) is 69.9 cm³/mol. The van der Waals surface area contributed by atoms with Crippen molar-refractivity contribution in [3.63, 3.8) is 0 Å². The van der Waals surface area contributed by atoms with Gasteiger partial charge in [0.15, 0.2) is 5.76 Å². The van der Waals surface area contributed by atoms with Crippen molar-refractivity contribution in [2.24, 2.45) is 0 Å². The zero-order valence-corrected chi connectivity index (χ0v) is 12.0. The van der Waals surface area contributed by atoms with Crippen molar-refractivity contribution in [1.82, 2.24) is 10.6 Å². The van der Waals surface area contributed by atoms with E-state index in [4.69, 9.17) is 4.42 Å². The van der Waals surface area contributed by atoms with E-state index in [9.17, 15) is 13.2 Å². The van der Waals surface area contributed by atoms with Crippen molar-refractivity contribution in [2.75, 3.05) is 19.8 Å². The van der Waals surface area contributed by atoms with Gasteiger partial charge in [0.2, 0.25) is 14.9 Å². The minimum absolute atomic E-state index is 0. The molecule has 0 saturated heterocycles. The molecule has 1 heterocycles. The standard InChI is InChI=1S/C10H16N2O4S.ClH/c1-7(11-2)6-12-10(13)8-4-5-9(16-8)17(3,14)15;/h4-5,7,11H,6H2,1-3H3,(H,12,13);1H. The van der Waals surface area contributed by atoms with E-state index < -0.39 is 15.7 Å². The Hall–Kier alpha value is -1.05. The minimum Gasteiger partial charge on any atom is -0.440 e. The largest absolute Gasteiger partial charge is 0.440 e. The molecule has 6 nitrogen and oxygen atoms in total. The van der Waals surface area contributed by atoms with Crippen molar-refractivity contribution in [3.8, 4) is 0 Å². The van der Waals surface area contributed by atoms with Gasteiger partial charge in [-0.3, -0.25) is 4.79 Å². The van der Waals surface area contributed by atoms with Crippen LogP contribution in [0.5, 0.6) is 0 Å². The van der Waals surface area contributed by atoms with Gasteiger partial charge in [0.1, 0.15) is 0 Å². The van der Waals surface area contributed by atoms with E-state index in [2.05, 4.69) is 10.6 Å². The highest BCUT2D eigenvalue weighted by molar-refractivity contribution is 7.90. The molecule has 0 fully saturated rings. The molecule has 104 valence electrons. The number of rotatable bonds is 5. The Morgan fingerprint density at radius 2 is 2.06 bits per heavy atom. The number of furan rings is 1. The fraction of sp³-hybridized carbons (Fsp3) is 0.500. The second kappa shape index (κ2) is 6.77. The molecule has 1 aromatic rings. The van der Waals surface area contributed by atoms with Gasteiger partial charge in [-0.1, -0.05) is 0 Å². The number of hydrogen-bond donors (Lipinski definition) is 2. The molecular formula is C10H17ClN2O4S. The molecule has 1 rings (SSSR count). The average molecular weight is 297 g/mol. The average Bonchev–Trinajstić information content (AvgIpc) is 2.74. The van der Waals surface area contributed by atoms with Crippen molar-refractivity contribution in [3.05, 3.63) is 17.9 Å². The maximum Gasteiger partial charge on any atom is 0.287 e. The Labute approximate surface area is 112 Å². The fourth-order valence-corrected chi connectivity index (χ4v) is 1.63. The van der Waals surface area contributed by atoms with E-state index in [0.29, 0.717) is 6.54 Å². The van der Waals surface area contributed by atoms with E-state index in [1.807, 2.05) is 6.92 Å². The van der Waals surface area contributed by atoms with Crippen molar-refractivity contribution in [2.45, 2.75) is 18.1 Å². The summed E-state index contributed by atoms with van der Waals surface area (Å²) >= 11 is 0. The van der Waals surface area contributed by atoms with E-state index in [0.717, 1.165) is 6.26 Å². The molecule has 0 aromatic carbocycles. The number of carbonyl (C=O) groups is 1. The summed E-state index contributed by atoms with van der Waals surface area (Å²) in [5, 5.41) is 5.38.